The van der Waals surface area contributed by atoms with Gasteiger partial charge >= 0.3 is 5.97 Å². The standard InChI is InChI=1S/C17H17Cl2N3O4/c1-8-4-13-10(15(17(25)26)21-20-13)7-22(8)16(24)14(23)6-9-2-3-11(18)12(19)5-9/h2-3,5,8,14,23H,4,6-7H2,1H3,(H,20,21)(H,25,26). The summed E-state index contributed by atoms with van der Waals surface area (Å²) in [5, 5.41) is 26.9. The lowest BCUT2D eigenvalue weighted by Gasteiger charge is -2.34. The number of hydrogen-bond acceptors (Lipinski definition) is 4. The van der Waals surface area contributed by atoms with E-state index in [1.54, 1.807) is 18.2 Å². The minimum absolute atomic E-state index is 0.0863. The number of nitrogens with one attached hydrogen (secondary N) is 1. The summed E-state index contributed by atoms with van der Waals surface area (Å²) in [5.41, 5.74) is 1.77. The van der Waals surface area contributed by atoms with Gasteiger partial charge in [-0.2, -0.15) is 5.10 Å². The number of halogens is 2. The van der Waals surface area contributed by atoms with Crippen LogP contribution in [-0.4, -0.2) is 49.3 Å². The molecule has 1 aliphatic rings. The van der Waals surface area contributed by atoms with Crippen molar-refractivity contribution in [3.05, 3.63) is 50.8 Å². The molecule has 1 amide bonds. The van der Waals surface area contributed by atoms with E-state index in [1.165, 1.54) is 4.90 Å². The molecule has 3 N–H and O–H groups in total. The van der Waals surface area contributed by atoms with E-state index in [4.69, 9.17) is 23.2 Å². The topological polar surface area (TPSA) is 107 Å². The van der Waals surface area contributed by atoms with Gasteiger partial charge in [0.25, 0.3) is 5.91 Å². The number of amides is 1. The third-order valence-electron chi connectivity index (χ3n) is 4.50. The number of carboxylic acids is 1. The number of rotatable bonds is 4. The molecule has 0 bridgehead atoms. The average Bonchev–Trinajstić information content (AvgIpc) is 2.99. The van der Waals surface area contributed by atoms with Crippen molar-refractivity contribution in [2.45, 2.75) is 38.5 Å². The summed E-state index contributed by atoms with van der Waals surface area (Å²) >= 11 is 11.8. The number of aromatic nitrogens is 2. The van der Waals surface area contributed by atoms with Crippen LogP contribution in [0.5, 0.6) is 0 Å². The molecule has 26 heavy (non-hydrogen) atoms. The van der Waals surface area contributed by atoms with E-state index in [0.717, 1.165) is 0 Å². The van der Waals surface area contributed by atoms with Crippen LogP contribution in [0, 0.1) is 0 Å². The molecule has 1 aromatic heterocycles. The molecular formula is C17H17Cl2N3O4. The molecule has 0 fully saturated rings. The summed E-state index contributed by atoms with van der Waals surface area (Å²) in [7, 11) is 0. The predicted octanol–water partition coefficient (Wildman–Crippen LogP) is 2.29. The summed E-state index contributed by atoms with van der Waals surface area (Å²) in [6.45, 7) is 1.93. The largest absolute Gasteiger partial charge is 0.476 e. The molecule has 7 nitrogen and oxygen atoms in total. The normalized spacial score (nSPS) is 17.7. The Kier molecular flexibility index (Phi) is 5.22. The van der Waals surface area contributed by atoms with E-state index in [-0.39, 0.29) is 24.7 Å². The second-order valence-corrected chi connectivity index (χ2v) is 7.14. The van der Waals surface area contributed by atoms with E-state index in [0.29, 0.717) is 33.3 Å². The Labute approximate surface area is 159 Å². The lowest BCUT2D eigenvalue weighted by Crippen LogP contribution is -2.47. The predicted molar refractivity (Wildman–Crippen MR) is 95.4 cm³/mol. The molecule has 0 aliphatic carbocycles. The van der Waals surface area contributed by atoms with Crippen LogP contribution < -0.4 is 0 Å². The fraction of sp³-hybridized carbons (Fsp3) is 0.353. The summed E-state index contributed by atoms with van der Waals surface area (Å²) < 4.78 is 0. The van der Waals surface area contributed by atoms with Crippen molar-refractivity contribution in [1.82, 2.24) is 15.1 Å². The number of carbonyl (C=O) groups excluding carboxylic acids is 1. The van der Waals surface area contributed by atoms with Crippen LogP contribution in [0.3, 0.4) is 0 Å². The van der Waals surface area contributed by atoms with Crippen LogP contribution in [0.4, 0.5) is 0 Å². The lowest BCUT2D eigenvalue weighted by molar-refractivity contribution is -0.143. The molecule has 1 aliphatic heterocycles. The van der Waals surface area contributed by atoms with Crippen LogP contribution in [0.25, 0.3) is 0 Å². The number of carboxylic acid groups (broad SMARTS) is 1. The zero-order chi connectivity index (χ0) is 19.0. The van der Waals surface area contributed by atoms with Crippen LogP contribution in [0.2, 0.25) is 10.0 Å². The zero-order valence-corrected chi connectivity index (χ0v) is 15.4. The molecule has 0 saturated heterocycles. The number of carbonyl (C=O) groups is 2. The van der Waals surface area contributed by atoms with Gasteiger partial charge in [0, 0.05) is 30.1 Å². The number of aromatic carboxylic acids is 1. The molecule has 0 saturated carbocycles. The van der Waals surface area contributed by atoms with Gasteiger partial charge in [-0.1, -0.05) is 29.3 Å². The van der Waals surface area contributed by atoms with Crippen molar-refractivity contribution in [1.29, 1.82) is 0 Å². The maximum Gasteiger partial charge on any atom is 0.356 e. The summed E-state index contributed by atoms with van der Waals surface area (Å²) in [6, 6.07) is 4.72. The summed E-state index contributed by atoms with van der Waals surface area (Å²) in [5.74, 6) is -1.62. The van der Waals surface area contributed by atoms with E-state index in [2.05, 4.69) is 10.2 Å². The first-order chi connectivity index (χ1) is 12.3. The molecular weight excluding hydrogens is 381 g/mol. The SMILES string of the molecule is CC1Cc2[nH]nc(C(=O)O)c2CN1C(=O)C(O)Cc1ccc(Cl)c(Cl)c1. The van der Waals surface area contributed by atoms with Gasteiger partial charge in [0.15, 0.2) is 5.69 Å². The maximum absolute atomic E-state index is 12.7. The quantitative estimate of drug-likeness (QED) is 0.733. The Bertz CT molecular complexity index is 868. The molecule has 1 aromatic carbocycles. The fourth-order valence-electron chi connectivity index (χ4n) is 3.11. The van der Waals surface area contributed by atoms with Crippen LogP contribution in [0.15, 0.2) is 18.2 Å². The highest BCUT2D eigenvalue weighted by molar-refractivity contribution is 6.42. The van der Waals surface area contributed by atoms with Crippen molar-refractivity contribution >= 4 is 35.1 Å². The minimum atomic E-state index is -1.27. The highest BCUT2D eigenvalue weighted by Crippen LogP contribution is 2.26. The molecule has 0 spiro atoms. The summed E-state index contributed by atoms with van der Waals surface area (Å²) in [6.07, 6.45) is -0.736. The molecule has 2 heterocycles. The first-order valence-corrected chi connectivity index (χ1v) is 8.75. The van der Waals surface area contributed by atoms with E-state index >= 15 is 0 Å². The third kappa shape index (κ3) is 3.56. The second kappa shape index (κ2) is 7.26. The molecule has 3 rings (SSSR count). The van der Waals surface area contributed by atoms with Crippen molar-refractivity contribution in [2.75, 3.05) is 0 Å². The van der Waals surface area contributed by atoms with Gasteiger partial charge in [0.05, 0.1) is 16.6 Å². The van der Waals surface area contributed by atoms with Crippen molar-refractivity contribution in [3.8, 4) is 0 Å². The smallest absolute Gasteiger partial charge is 0.356 e. The van der Waals surface area contributed by atoms with Gasteiger partial charge in [-0.15, -0.1) is 0 Å². The van der Waals surface area contributed by atoms with Gasteiger partial charge < -0.3 is 15.1 Å². The average molecular weight is 398 g/mol. The van der Waals surface area contributed by atoms with Gasteiger partial charge in [0.2, 0.25) is 0 Å². The molecule has 2 atom stereocenters. The second-order valence-electron chi connectivity index (χ2n) is 6.32. The zero-order valence-electron chi connectivity index (χ0n) is 13.9. The molecule has 138 valence electrons. The maximum atomic E-state index is 12.7. The minimum Gasteiger partial charge on any atom is -0.476 e. The Morgan fingerprint density at radius 2 is 2.12 bits per heavy atom. The number of aliphatic hydroxyl groups excluding tert-OH is 1. The molecule has 9 heteroatoms. The number of benzene rings is 1. The number of aliphatic hydroxyl groups is 1. The first kappa shape index (κ1) is 18.7. The Morgan fingerprint density at radius 1 is 1.38 bits per heavy atom. The number of fused-ring (bicyclic) bond motifs is 1. The van der Waals surface area contributed by atoms with E-state index in [9.17, 15) is 19.8 Å². The van der Waals surface area contributed by atoms with Crippen molar-refractivity contribution in [3.63, 3.8) is 0 Å². The van der Waals surface area contributed by atoms with Gasteiger partial charge in [-0.05, 0) is 24.6 Å². The van der Waals surface area contributed by atoms with E-state index < -0.39 is 18.0 Å². The fourth-order valence-corrected chi connectivity index (χ4v) is 3.43. The third-order valence-corrected chi connectivity index (χ3v) is 5.24. The number of nitrogens with zero attached hydrogens (tertiary/aromatic N) is 2. The Hall–Kier alpha value is -2.09. The van der Waals surface area contributed by atoms with Crippen LogP contribution in [-0.2, 0) is 24.2 Å². The van der Waals surface area contributed by atoms with Crippen molar-refractivity contribution < 1.29 is 19.8 Å². The van der Waals surface area contributed by atoms with Crippen molar-refractivity contribution in [2.24, 2.45) is 0 Å². The van der Waals surface area contributed by atoms with Gasteiger partial charge in [0.1, 0.15) is 6.10 Å². The Morgan fingerprint density at radius 3 is 2.77 bits per heavy atom. The van der Waals surface area contributed by atoms with Crippen LogP contribution in [0.1, 0.15) is 34.2 Å². The van der Waals surface area contributed by atoms with Gasteiger partial charge in [-0.25, -0.2) is 4.79 Å². The highest BCUT2D eigenvalue weighted by atomic mass is 35.5. The first-order valence-electron chi connectivity index (χ1n) is 7.99. The van der Waals surface area contributed by atoms with Gasteiger partial charge in [-0.3, -0.25) is 9.89 Å². The van der Waals surface area contributed by atoms with Crippen LogP contribution >= 0.6 is 23.2 Å². The molecule has 2 aromatic rings. The molecule has 2 unspecified atom stereocenters. The Balaban J connectivity index is 1.77. The number of hydrogen-bond donors (Lipinski definition) is 3. The number of aromatic amines is 1. The van der Waals surface area contributed by atoms with E-state index in [1.807, 2.05) is 6.92 Å². The molecule has 0 radical (unpaired) electrons. The highest BCUT2D eigenvalue weighted by Gasteiger charge is 2.34. The summed E-state index contributed by atoms with van der Waals surface area (Å²) in [4.78, 5) is 25.5. The lowest BCUT2D eigenvalue weighted by atomic mass is 9.98. The monoisotopic (exact) mass is 397 g/mol. The number of H-pyrrole nitrogens is 1.